The fraction of sp³-hybridized carbons (Fsp3) is 0.933. The zero-order chi connectivity index (χ0) is 14.1. The van der Waals surface area contributed by atoms with Gasteiger partial charge in [0.15, 0.2) is 0 Å². The number of nitrogens with one attached hydrogen (secondary N) is 1. The third-order valence-electron chi connectivity index (χ3n) is 4.40. The van der Waals surface area contributed by atoms with E-state index >= 15 is 0 Å². The van der Waals surface area contributed by atoms with Crippen LogP contribution in [0.4, 0.5) is 0 Å². The maximum Gasteiger partial charge on any atom is 0.323 e. The van der Waals surface area contributed by atoms with E-state index in [1.54, 1.807) is 0 Å². The summed E-state index contributed by atoms with van der Waals surface area (Å²) in [6, 6.07) is 0. The fourth-order valence-corrected chi connectivity index (χ4v) is 2.97. The topological polar surface area (TPSA) is 52.6 Å². The number of hydrogen-bond donors (Lipinski definition) is 2. The van der Waals surface area contributed by atoms with E-state index in [9.17, 15) is 9.90 Å². The van der Waals surface area contributed by atoms with Crippen molar-refractivity contribution >= 4 is 5.97 Å². The van der Waals surface area contributed by atoms with Gasteiger partial charge in [-0.3, -0.25) is 4.79 Å². The van der Waals surface area contributed by atoms with Crippen molar-refractivity contribution in [2.24, 2.45) is 0 Å². The lowest BCUT2D eigenvalue weighted by molar-refractivity contribution is -0.146. The van der Waals surface area contributed by atoms with Gasteiger partial charge in [0, 0.05) is 13.1 Å². The molecule has 0 aromatic carbocycles. The molecule has 0 bridgehead atoms. The lowest BCUT2D eigenvalue weighted by Crippen LogP contribution is -2.54. The number of aliphatic carboxylic acids is 1. The second-order valence-electron chi connectivity index (χ2n) is 5.61. The molecule has 1 rings (SSSR count). The summed E-state index contributed by atoms with van der Waals surface area (Å²) in [6.07, 6.45) is 7.23. The summed E-state index contributed by atoms with van der Waals surface area (Å²) in [5.41, 5.74) is -0.673. The number of carboxylic acids is 1. The Kier molecular flexibility index (Phi) is 7.39. The standard InChI is InChI=1S/C15H30N2O2/c1-3-17(4-2)13-12-16-15(14(18)19)10-8-6-5-7-9-11-15/h16H,3-13H2,1-2H3,(H,18,19). The number of nitrogens with zero attached hydrogens (tertiary/aromatic N) is 1. The molecule has 112 valence electrons. The number of carbonyl (C=O) groups is 1. The minimum Gasteiger partial charge on any atom is -0.480 e. The van der Waals surface area contributed by atoms with Gasteiger partial charge in [-0.05, 0) is 25.9 Å². The van der Waals surface area contributed by atoms with E-state index < -0.39 is 11.5 Å². The second-order valence-corrected chi connectivity index (χ2v) is 5.61. The van der Waals surface area contributed by atoms with Crippen molar-refractivity contribution < 1.29 is 9.90 Å². The summed E-state index contributed by atoms with van der Waals surface area (Å²) >= 11 is 0. The first-order chi connectivity index (χ1) is 9.14. The first-order valence-electron chi connectivity index (χ1n) is 7.85. The average molecular weight is 270 g/mol. The molecule has 0 atom stereocenters. The Bertz CT molecular complexity index is 257. The Labute approximate surface area is 117 Å². The van der Waals surface area contributed by atoms with Gasteiger partial charge >= 0.3 is 5.97 Å². The van der Waals surface area contributed by atoms with Crippen molar-refractivity contribution in [3.05, 3.63) is 0 Å². The Balaban J connectivity index is 2.52. The van der Waals surface area contributed by atoms with Crippen LogP contribution in [-0.2, 0) is 4.79 Å². The first-order valence-corrected chi connectivity index (χ1v) is 7.85. The lowest BCUT2D eigenvalue weighted by Gasteiger charge is -2.33. The minimum atomic E-state index is -0.673. The molecule has 1 saturated carbocycles. The van der Waals surface area contributed by atoms with Crippen LogP contribution < -0.4 is 5.32 Å². The normalized spacial score (nSPS) is 19.9. The van der Waals surface area contributed by atoms with Crippen molar-refractivity contribution in [3.8, 4) is 0 Å². The fourth-order valence-electron chi connectivity index (χ4n) is 2.97. The maximum atomic E-state index is 11.7. The van der Waals surface area contributed by atoms with Crippen molar-refractivity contribution in [3.63, 3.8) is 0 Å². The highest BCUT2D eigenvalue weighted by atomic mass is 16.4. The molecule has 0 aromatic rings. The van der Waals surface area contributed by atoms with Gasteiger partial charge in [0.05, 0.1) is 0 Å². The summed E-state index contributed by atoms with van der Waals surface area (Å²) in [5.74, 6) is -0.658. The van der Waals surface area contributed by atoms with Crippen LogP contribution in [0.5, 0.6) is 0 Å². The summed E-state index contributed by atoms with van der Waals surface area (Å²) < 4.78 is 0. The highest BCUT2D eigenvalue weighted by Crippen LogP contribution is 2.26. The Hall–Kier alpha value is -0.610. The maximum absolute atomic E-state index is 11.7. The SMILES string of the molecule is CCN(CC)CCNC1(C(=O)O)CCCCCCC1. The summed E-state index contributed by atoms with van der Waals surface area (Å²) in [7, 11) is 0. The number of likely N-dealkylation sites (N-methyl/N-ethyl adjacent to an activating group) is 1. The monoisotopic (exact) mass is 270 g/mol. The van der Waals surface area contributed by atoms with Crippen LogP contribution in [0.1, 0.15) is 58.8 Å². The average Bonchev–Trinajstić information content (AvgIpc) is 2.36. The zero-order valence-corrected chi connectivity index (χ0v) is 12.6. The molecule has 1 fully saturated rings. The van der Waals surface area contributed by atoms with Gasteiger partial charge in [0.2, 0.25) is 0 Å². The summed E-state index contributed by atoms with van der Waals surface area (Å²) in [4.78, 5) is 14.0. The van der Waals surface area contributed by atoms with Crippen molar-refractivity contribution in [2.45, 2.75) is 64.3 Å². The largest absolute Gasteiger partial charge is 0.480 e. The molecular formula is C15H30N2O2. The van der Waals surface area contributed by atoms with Gasteiger partial charge in [-0.1, -0.05) is 46.0 Å². The van der Waals surface area contributed by atoms with Gasteiger partial charge in [0.1, 0.15) is 5.54 Å². The zero-order valence-electron chi connectivity index (χ0n) is 12.6. The highest BCUT2D eigenvalue weighted by molar-refractivity contribution is 5.78. The van der Waals surface area contributed by atoms with Gasteiger partial charge in [-0.15, -0.1) is 0 Å². The van der Waals surface area contributed by atoms with E-state index in [0.29, 0.717) is 0 Å². The number of rotatable bonds is 7. The molecule has 0 heterocycles. The minimum absolute atomic E-state index is 0.658. The van der Waals surface area contributed by atoms with E-state index in [-0.39, 0.29) is 0 Å². The van der Waals surface area contributed by atoms with Crippen molar-refractivity contribution in [1.82, 2.24) is 10.2 Å². The van der Waals surface area contributed by atoms with Crippen LogP contribution in [0.15, 0.2) is 0 Å². The molecule has 1 aliphatic carbocycles. The molecule has 0 spiro atoms. The van der Waals surface area contributed by atoms with Gasteiger partial charge < -0.3 is 15.3 Å². The van der Waals surface area contributed by atoms with E-state index in [0.717, 1.165) is 51.9 Å². The van der Waals surface area contributed by atoms with E-state index in [1.807, 2.05) is 0 Å². The van der Waals surface area contributed by atoms with E-state index in [2.05, 4.69) is 24.1 Å². The molecule has 0 amide bonds. The third-order valence-corrected chi connectivity index (χ3v) is 4.40. The van der Waals surface area contributed by atoms with E-state index in [4.69, 9.17) is 0 Å². The van der Waals surface area contributed by atoms with Crippen LogP contribution in [-0.4, -0.2) is 47.7 Å². The van der Waals surface area contributed by atoms with Crippen LogP contribution in [0.2, 0.25) is 0 Å². The van der Waals surface area contributed by atoms with Crippen LogP contribution in [0.25, 0.3) is 0 Å². The molecule has 0 unspecified atom stereocenters. The molecule has 0 aliphatic heterocycles. The van der Waals surface area contributed by atoms with Crippen LogP contribution in [0.3, 0.4) is 0 Å². The quantitative estimate of drug-likeness (QED) is 0.746. The van der Waals surface area contributed by atoms with Gasteiger partial charge in [0.25, 0.3) is 0 Å². The lowest BCUT2D eigenvalue weighted by atomic mass is 9.84. The van der Waals surface area contributed by atoms with Crippen LogP contribution >= 0.6 is 0 Å². The Morgan fingerprint density at radius 3 is 2.11 bits per heavy atom. The number of carboxylic acid groups (broad SMARTS) is 1. The number of hydrogen-bond acceptors (Lipinski definition) is 3. The smallest absolute Gasteiger partial charge is 0.323 e. The molecule has 19 heavy (non-hydrogen) atoms. The molecule has 4 nitrogen and oxygen atoms in total. The molecule has 0 saturated heterocycles. The molecule has 2 N–H and O–H groups in total. The van der Waals surface area contributed by atoms with Crippen molar-refractivity contribution in [1.29, 1.82) is 0 Å². The predicted octanol–water partition coefficient (Wildman–Crippen LogP) is 2.49. The third kappa shape index (κ3) is 5.11. The van der Waals surface area contributed by atoms with Crippen molar-refractivity contribution in [2.75, 3.05) is 26.2 Å². The second kappa shape index (κ2) is 8.54. The Morgan fingerprint density at radius 2 is 1.63 bits per heavy atom. The summed E-state index contributed by atoms with van der Waals surface area (Å²) in [6.45, 7) is 8.05. The highest BCUT2D eigenvalue weighted by Gasteiger charge is 2.37. The first kappa shape index (κ1) is 16.4. The van der Waals surface area contributed by atoms with Gasteiger partial charge in [-0.25, -0.2) is 0 Å². The van der Waals surface area contributed by atoms with Gasteiger partial charge in [-0.2, -0.15) is 0 Å². The summed E-state index contributed by atoms with van der Waals surface area (Å²) in [5, 5.41) is 13.0. The molecule has 4 heteroatoms. The molecular weight excluding hydrogens is 240 g/mol. The molecule has 1 aliphatic rings. The van der Waals surface area contributed by atoms with E-state index in [1.165, 1.54) is 19.3 Å². The Morgan fingerprint density at radius 1 is 1.11 bits per heavy atom. The predicted molar refractivity (Wildman–Crippen MR) is 78.5 cm³/mol. The molecule has 0 aromatic heterocycles. The molecule has 0 radical (unpaired) electrons. The van der Waals surface area contributed by atoms with Crippen LogP contribution in [0, 0.1) is 0 Å².